The lowest BCUT2D eigenvalue weighted by Gasteiger charge is -2.24. The molecule has 0 radical (unpaired) electrons. The number of guanidine groups is 1. The van der Waals surface area contributed by atoms with Crippen LogP contribution in [0.15, 0.2) is 29.3 Å². The van der Waals surface area contributed by atoms with Gasteiger partial charge in [0, 0.05) is 30.7 Å². The molecule has 2 N–H and O–H groups in total. The summed E-state index contributed by atoms with van der Waals surface area (Å²) in [5, 5.41) is 11.3. The van der Waals surface area contributed by atoms with Crippen LogP contribution in [0, 0.1) is 13.8 Å². The number of aliphatic imine (C=N–C) groups is 1. The summed E-state index contributed by atoms with van der Waals surface area (Å²) >= 11 is 0. The molecule has 1 aliphatic heterocycles. The molecule has 3 rings (SSSR count). The van der Waals surface area contributed by atoms with Gasteiger partial charge < -0.3 is 20.1 Å². The second kappa shape index (κ2) is 9.20. The molecule has 0 fully saturated rings. The Morgan fingerprint density at radius 3 is 2.69 bits per heavy atom. The Morgan fingerprint density at radius 1 is 1.17 bits per heavy atom. The second-order valence-corrected chi connectivity index (χ2v) is 8.08. The highest BCUT2D eigenvalue weighted by Gasteiger charge is 2.24. The summed E-state index contributed by atoms with van der Waals surface area (Å²) in [7, 11) is 0. The third-order valence-electron chi connectivity index (χ3n) is 5.07. The second-order valence-electron chi connectivity index (χ2n) is 8.08. The maximum atomic E-state index is 5.52. The molecule has 158 valence electrons. The van der Waals surface area contributed by atoms with Crippen LogP contribution in [-0.4, -0.2) is 42.2 Å². The molecule has 0 saturated carbocycles. The van der Waals surface area contributed by atoms with Crippen LogP contribution < -0.4 is 20.1 Å². The number of nitrogens with zero attached hydrogens (tertiary/aromatic N) is 3. The summed E-state index contributed by atoms with van der Waals surface area (Å²) in [6, 6.07) is 8.24. The minimum atomic E-state index is -0.118. The molecular weight excluding hydrogens is 366 g/mol. The number of ether oxygens (including phenoxy) is 2. The van der Waals surface area contributed by atoms with Crippen LogP contribution in [0.2, 0.25) is 0 Å². The van der Waals surface area contributed by atoms with Crippen molar-refractivity contribution < 1.29 is 9.47 Å². The van der Waals surface area contributed by atoms with E-state index < -0.39 is 0 Å². The molecule has 1 aromatic carbocycles. The van der Waals surface area contributed by atoms with Crippen molar-refractivity contribution in [2.24, 2.45) is 4.99 Å². The summed E-state index contributed by atoms with van der Waals surface area (Å²) in [6.07, 6.45) is 0.984. The molecule has 0 aliphatic carbocycles. The standard InChI is InChI=1S/C22H33N5O2/c1-6-23-21(24-10-7-11-27-17(3)12-16(2)26-27)25-14-22(4,5)18-8-9-19-20(13-18)29-15-28-19/h8-9,12-13H,6-7,10-11,14-15H2,1-5H3,(H2,23,24,25). The van der Waals surface area contributed by atoms with Crippen LogP contribution in [-0.2, 0) is 12.0 Å². The molecule has 7 heteroatoms. The molecule has 1 aliphatic rings. The summed E-state index contributed by atoms with van der Waals surface area (Å²) < 4.78 is 13.0. The molecule has 0 spiro atoms. The fourth-order valence-corrected chi connectivity index (χ4v) is 3.36. The smallest absolute Gasteiger partial charge is 0.231 e. The summed E-state index contributed by atoms with van der Waals surface area (Å²) in [5.41, 5.74) is 3.34. The molecule has 29 heavy (non-hydrogen) atoms. The van der Waals surface area contributed by atoms with E-state index in [9.17, 15) is 0 Å². The van der Waals surface area contributed by atoms with Crippen LogP contribution in [0.25, 0.3) is 0 Å². The zero-order valence-corrected chi connectivity index (χ0v) is 18.2. The van der Waals surface area contributed by atoms with Crippen LogP contribution in [0.1, 0.15) is 44.1 Å². The lowest BCUT2D eigenvalue weighted by atomic mass is 9.84. The van der Waals surface area contributed by atoms with Gasteiger partial charge in [-0.05, 0) is 51.0 Å². The first-order chi connectivity index (χ1) is 13.9. The van der Waals surface area contributed by atoms with Crippen molar-refractivity contribution in [1.29, 1.82) is 0 Å². The van der Waals surface area contributed by atoms with Crippen molar-refractivity contribution in [2.75, 3.05) is 26.4 Å². The maximum absolute atomic E-state index is 5.52. The third-order valence-corrected chi connectivity index (χ3v) is 5.07. The third kappa shape index (κ3) is 5.43. The van der Waals surface area contributed by atoms with Gasteiger partial charge in [-0.25, -0.2) is 0 Å². The number of rotatable bonds is 8. The van der Waals surface area contributed by atoms with E-state index in [0.29, 0.717) is 13.3 Å². The number of aromatic nitrogens is 2. The number of benzene rings is 1. The van der Waals surface area contributed by atoms with Gasteiger partial charge >= 0.3 is 0 Å². The van der Waals surface area contributed by atoms with E-state index in [1.807, 2.05) is 13.0 Å². The molecule has 0 saturated heterocycles. The van der Waals surface area contributed by atoms with E-state index in [0.717, 1.165) is 49.2 Å². The van der Waals surface area contributed by atoms with E-state index in [2.05, 4.69) is 66.3 Å². The van der Waals surface area contributed by atoms with Gasteiger partial charge in [-0.2, -0.15) is 5.10 Å². The number of hydrogen-bond acceptors (Lipinski definition) is 4. The Kier molecular flexibility index (Phi) is 6.67. The lowest BCUT2D eigenvalue weighted by molar-refractivity contribution is 0.174. The molecule has 2 heterocycles. The van der Waals surface area contributed by atoms with Crippen molar-refractivity contribution in [3.05, 3.63) is 41.2 Å². The largest absolute Gasteiger partial charge is 0.454 e. The van der Waals surface area contributed by atoms with Crippen LogP contribution in [0.4, 0.5) is 0 Å². The molecule has 0 bridgehead atoms. The summed E-state index contributed by atoms with van der Waals surface area (Å²) in [6.45, 7) is 14.1. The molecule has 0 amide bonds. The normalized spacial score (nSPS) is 13.6. The van der Waals surface area contributed by atoms with Gasteiger partial charge in [-0.1, -0.05) is 19.9 Å². The van der Waals surface area contributed by atoms with Crippen LogP contribution in [0.3, 0.4) is 0 Å². The average molecular weight is 400 g/mol. The van der Waals surface area contributed by atoms with Crippen LogP contribution >= 0.6 is 0 Å². The molecule has 0 unspecified atom stereocenters. The van der Waals surface area contributed by atoms with Crippen molar-refractivity contribution >= 4 is 5.96 Å². The van der Waals surface area contributed by atoms with E-state index in [1.165, 1.54) is 11.3 Å². The van der Waals surface area contributed by atoms with Gasteiger partial charge in [0.15, 0.2) is 17.5 Å². The molecule has 0 atom stereocenters. The SMILES string of the molecule is CCNC(=NCC(C)(C)c1ccc2c(c1)OCO2)NCCCn1nc(C)cc1C. The predicted molar refractivity (Wildman–Crippen MR) is 116 cm³/mol. The van der Waals surface area contributed by atoms with Crippen LogP contribution in [0.5, 0.6) is 11.5 Å². The number of aryl methyl sites for hydroxylation is 3. The molecule has 1 aromatic heterocycles. The minimum absolute atomic E-state index is 0.118. The highest BCUT2D eigenvalue weighted by Crippen LogP contribution is 2.36. The topological polar surface area (TPSA) is 72.7 Å². The Labute approximate surface area is 173 Å². The maximum Gasteiger partial charge on any atom is 0.231 e. The zero-order chi connectivity index (χ0) is 20.9. The van der Waals surface area contributed by atoms with Crippen molar-refractivity contribution in [2.45, 2.75) is 53.0 Å². The predicted octanol–water partition coefficient (Wildman–Crippen LogP) is 3.15. The summed E-state index contributed by atoms with van der Waals surface area (Å²) in [5.74, 6) is 2.47. The molecular formula is C22H33N5O2. The van der Waals surface area contributed by atoms with Gasteiger partial charge in [0.05, 0.1) is 12.2 Å². The molecule has 7 nitrogen and oxygen atoms in total. The summed E-state index contributed by atoms with van der Waals surface area (Å²) in [4.78, 5) is 4.82. The quantitative estimate of drug-likeness (QED) is 0.405. The van der Waals surface area contributed by atoms with Gasteiger partial charge in [-0.3, -0.25) is 9.67 Å². The first-order valence-corrected chi connectivity index (χ1v) is 10.3. The number of hydrogen-bond donors (Lipinski definition) is 2. The first kappa shape index (κ1) is 21.0. The Balaban J connectivity index is 1.55. The Morgan fingerprint density at radius 2 is 1.97 bits per heavy atom. The highest BCUT2D eigenvalue weighted by molar-refractivity contribution is 5.79. The Bertz CT molecular complexity index is 857. The lowest BCUT2D eigenvalue weighted by Crippen LogP contribution is -2.39. The molecule has 2 aromatic rings. The zero-order valence-electron chi connectivity index (χ0n) is 18.2. The van der Waals surface area contributed by atoms with E-state index in [4.69, 9.17) is 14.5 Å². The fraction of sp³-hybridized carbons (Fsp3) is 0.545. The average Bonchev–Trinajstić information content (AvgIpc) is 3.28. The van der Waals surface area contributed by atoms with Gasteiger partial charge in [-0.15, -0.1) is 0 Å². The van der Waals surface area contributed by atoms with Crippen molar-refractivity contribution in [3.8, 4) is 11.5 Å². The van der Waals surface area contributed by atoms with Crippen molar-refractivity contribution in [3.63, 3.8) is 0 Å². The van der Waals surface area contributed by atoms with Gasteiger partial charge in [0.2, 0.25) is 6.79 Å². The number of nitrogens with one attached hydrogen (secondary N) is 2. The Hall–Kier alpha value is -2.70. The van der Waals surface area contributed by atoms with E-state index in [-0.39, 0.29) is 5.41 Å². The van der Waals surface area contributed by atoms with Gasteiger partial charge in [0.1, 0.15) is 0 Å². The van der Waals surface area contributed by atoms with E-state index in [1.54, 1.807) is 0 Å². The van der Waals surface area contributed by atoms with Crippen molar-refractivity contribution in [1.82, 2.24) is 20.4 Å². The first-order valence-electron chi connectivity index (χ1n) is 10.3. The van der Waals surface area contributed by atoms with Gasteiger partial charge in [0.25, 0.3) is 0 Å². The highest BCUT2D eigenvalue weighted by atomic mass is 16.7. The van der Waals surface area contributed by atoms with E-state index >= 15 is 0 Å². The fourth-order valence-electron chi connectivity index (χ4n) is 3.36. The monoisotopic (exact) mass is 399 g/mol. The minimum Gasteiger partial charge on any atom is -0.454 e. The number of fused-ring (bicyclic) bond motifs is 1.